The van der Waals surface area contributed by atoms with E-state index in [-0.39, 0.29) is 0 Å². The summed E-state index contributed by atoms with van der Waals surface area (Å²) in [5.41, 5.74) is 0. The third kappa shape index (κ3) is 2.91. The van der Waals surface area contributed by atoms with Crippen LogP contribution in [-0.4, -0.2) is 22.6 Å². The van der Waals surface area contributed by atoms with Gasteiger partial charge in [0, 0.05) is 6.08 Å². The van der Waals surface area contributed by atoms with Crippen LogP contribution < -0.4 is 0 Å². The van der Waals surface area contributed by atoms with Crippen LogP contribution in [0.1, 0.15) is 0 Å². The molecule has 0 N–H and O–H groups in total. The summed E-state index contributed by atoms with van der Waals surface area (Å²) in [4.78, 5) is 0. The molecule has 0 heterocycles. The lowest BCUT2D eigenvalue weighted by molar-refractivity contribution is -0.209. The van der Waals surface area contributed by atoms with Crippen LogP contribution in [-0.2, 0) is 0 Å². The fraction of sp³-hybridized carbons (Fsp3) is 0.667. The highest BCUT2D eigenvalue weighted by molar-refractivity contribution is 6.50. The predicted octanol–water partition coefficient (Wildman–Crippen LogP) is 4.48. The SMILES string of the molecule is FC(F)=CC(F)C(F)(F)C(Cl)(Cl)C(F)(F)F. The maximum Gasteiger partial charge on any atom is 0.427 e. The van der Waals surface area contributed by atoms with Gasteiger partial charge < -0.3 is 0 Å². The van der Waals surface area contributed by atoms with Crippen molar-refractivity contribution in [3.63, 3.8) is 0 Å². The van der Waals surface area contributed by atoms with E-state index in [1.54, 1.807) is 0 Å². The van der Waals surface area contributed by atoms with Crippen LogP contribution in [0.4, 0.5) is 35.1 Å². The minimum atomic E-state index is -5.88. The van der Waals surface area contributed by atoms with Crippen LogP contribution in [0, 0.1) is 0 Å². The van der Waals surface area contributed by atoms with Gasteiger partial charge in [0.2, 0.25) is 0 Å². The lowest BCUT2D eigenvalue weighted by Gasteiger charge is -2.32. The van der Waals surface area contributed by atoms with Crippen LogP contribution in [0.15, 0.2) is 12.2 Å². The normalized spacial score (nSPS) is 15.9. The van der Waals surface area contributed by atoms with Crippen LogP contribution >= 0.6 is 23.2 Å². The van der Waals surface area contributed by atoms with E-state index in [1.165, 1.54) is 0 Å². The Morgan fingerprint density at radius 3 is 1.62 bits per heavy atom. The molecule has 1 unspecified atom stereocenters. The number of allylic oxidation sites excluding steroid dienone is 1. The first-order valence-corrected chi connectivity index (χ1v) is 4.09. The van der Waals surface area contributed by atoms with Gasteiger partial charge in [-0.15, -0.1) is 0 Å². The molecule has 1 atom stereocenters. The molecule has 0 aliphatic rings. The molecule has 0 spiro atoms. The molecular weight excluding hydrogens is 295 g/mol. The van der Waals surface area contributed by atoms with Crippen molar-refractivity contribution in [1.82, 2.24) is 0 Å². The number of alkyl halides is 8. The first kappa shape index (κ1) is 15.8. The summed E-state index contributed by atoms with van der Waals surface area (Å²) < 4.78 is 91.7. The molecule has 0 nitrogen and oxygen atoms in total. The molecule has 10 heteroatoms. The van der Waals surface area contributed by atoms with Gasteiger partial charge in [-0.1, -0.05) is 23.2 Å². The Morgan fingerprint density at radius 2 is 1.38 bits per heavy atom. The van der Waals surface area contributed by atoms with Crippen molar-refractivity contribution >= 4 is 23.2 Å². The highest BCUT2D eigenvalue weighted by Gasteiger charge is 2.71. The van der Waals surface area contributed by atoms with Crippen molar-refractivity contribution in [3.05, 3.63) is 12.2 Å². The van der Waals surface area contributed by atoms with E-state index >= 15 is 0 Å². The van der Waals surface area contributed by atoms with E-state index in [0.717, 1.165) is 0 Å². The van der Waals surface area contributed by atoms with Crippen LogP contribution in [0.5, 0.6) is 0 Å². The van der Waals surface area contributed by atoms with E-state index in [1.807, 2.05) is 0 Å². The standard InChI is InChI=1S/C6H2Cl2F8/c7-5(8,6(14,15)16)4(12,13)2(9)1-3(10)11/h1-2H. The average molecular weight is 297 g/mol. The Morgan fingerprint density at radius 1 is 1.00 bits per heavy atom. The quantitative estimate of drug-likeness (QED) is 0.532. The Balaban J connectivity index is 5.27. The molecule has 0 saturated carbocycles. The minimum Gasteiger partial charge on any atom is -0.236 e. The summed E-state index contributed by atoms with van der Waals surface area (Å²) in [5, 5.41) is 0. The van der Waals surface area contributed by atoms with Gasteiger partial charge in [-0.3, -0.25) is 0 Å². The highest BCUT2D eigenvalue weighted by atomic mass is 35.5. The molecule has 96 valence electrons. The van der Waals surface area contributed by atoms with Crippen molar-refractivity contribution in [3.8, 4) is 0 Å². The highest BCUT2D eigenvalue weighted by Crippen LogP contribution is 2.52. The van der Waals surface area contributed by atoms with Crippen LogP contribution in [0.2, 0.25) is 0 Å². The van der Waals surface area contributed by atoms with Gasteiger partial charge in [-0.2, -0.15) is 30.7 Å². The number of hydrogen-bond acceptors (Lipinski definition) is 0. The Bertz CT molecular complexity index is 277. The van der Waals surface area contributed by atoms with Crippen molar-refractivity contribution in [2.75, 3.05) is 0 Å². The van der Waals surface area contributed by atoms with E-state index in [9.17, 15) is 35.1 Å². The van der Waals surface area contributed by atoms with Crippen molar-refractivity contribution in [2.24, 2.45) is 0 Å². The lowest BCUT2D eigenvalue weighted by atomic mass is 10.1. The Labute approximate surface area is 93.8 Å². The fourth-order valence-corrected chi connectivity index (χ4v) is 0.786. The first-order valence-electron chi connectivity index (χ1n) is 3.33. The van der Waals surface area contributed by atoms with Crippen LogP contribution in [0.3, 0.4) is 0 Å². The molecule has 16 heavy (non-hydrogen) atoms. The smallest absolute Gasteiger partial charge is 0.236 e. The first-order chi connectivity index (χ1) is 6.84. The van der Waals surface area contributed by atoms with E-state index < -0.39 is 34.8 Å². The molecule has 0 aromatic rings. The van der Waals surface area contributed by atoms with Gasteiger partial charge >= 0.3 is 12.1 Å². The minimum absolute atomic E-state index is 1.01. The molecule has 0 aliphatic carbocycles. The zero-order valence-electron chi connectivity index (χ0n) is 6.93. The molecule has 0 saturated heterocycles. The van der Waals surface area contributed by atoms with Gasteiger partial charge in [0.05, 0.1) is 0 Å². The van der Waals surface area contributed by atoms with Gasteiger partial charge in [-0.05, 0) is 0 Å². The number of halogens is 10. The Kier molecular flexibility index (Phi) is 4.49. The second-order valence-electron chi connectivity index (χ2n) is 2.55. The van der Waals surface area contributed by atoms with E-state index in [2.05, 4.69) is 23.2 Å². The topological polar surface area (TPSA) is 0 Å². The van der Waals surface area contributed by atoms with Gasteiger partial charge in [0.1, 0.15) is 0 Å². The third-order valence-electron chi connectivity index (χ3n) is 1.39. The Hall–Kier alpha value is -0.240. The molecule has 0 amide bonds. The zero-order chi connectivity index (χ0) is 13.4. The number of hydrogen-bond donors (Lipinski definition) is 0. The second-order valence-corrected chi connectivity index (χ2v) is 3.88. The fourth-order valence-electron chi connectivity index (χ4n) is 0.577. The van der Waals surface area contributed by atoms with Crippen molar-refractivity contribution < 1.29 is 35.1 Å². The summed E-state index contributed by atoms with van der Waals surface area (Å²) in [6.07, 6.45) is -13.8. The van der Waals surface area contributed by atoms with Crippen LogP contribution in [0.25, 0.3) is 0 Å². The summed E-state index contributed by atoms with van der Waals surface area (Å²) in [5.74, 6) is -5.45. The maximum atomic E-state index is 12.7. The molecule has 0 radical (unpaired) electrons. The molecule has 0 rings (SSSR count). The molecule has 0 aromatic carbocycles. The largest absolute Gasteiger partial charge is 0.427 e. The van der Waals surface area contributed by atoms with E-state index in [4.69, 9.17) is 0 Å². The van der Waals surface area contributed by atoms with Crippen molar-refractivity contribution in [2.45, 2.75) is 22.6 Å². The molecule has 0 bridgehead atoms. The molecule has 0 aliphatic heterocycles. The average Bonchev–Trinajstić information content (AvgIpc) is 2.00. The lowest BCUT2D eigenvalue weighted by Crippen LogP contribution is -2.54. The summed E-state index contributed by atoms with van der Waals surface area (Å²) in [6.45, 7) is 0. The van der Waals surface area contributed by atoms with Crippen molar-refractivity contribution in [1.29, 1.82) is 0 Å². The maximum absolute atomic E-state index is 12.7. The summed E-state index contributed by atoms with van der Waals surface area (Å²) in [7, 11) is 0. The number of rotatable bonds is 3. The molecule has 0 fully saturated rings. The predicted molar refractivity (Wildman–Crippen MR) is 40.6 cm³/mol. The van der Waals surface area contributed by atoms with Gasteiger partial charge in [0.25, 0.3) is 10.4 Å². The van der Waals surface area contributed by atoms with Gasteiger partial charge in [0.15, 0.2) is 6.17 Å². The third-order valence-corrected chi connectivity index (χ3v) is 2.33. The van der Waals surface area contributed by atoms with Gasteiger partial charge in [-0.25, -0.2) is 4.39 Å². The summed E-state index contributed by atoms with van der Waals surface area (Å²) in [6, 6.07) is 0. The van der Waals surface area contributed by atoms with E-state index in [0.29, 0.717) is 0 Å². The zero-order valence-corrected chi connectivity index (χ0v) is 8.45. The second kappa shape index (κ2) is 4.56. The molecule has 0 aromatic heterocycles. The summed E-state index contributed by atoms with van der Waals surface area (Å²) >= 11 is 8.52. The monoisotopic (exact) mass is 296 g/mol. The molecular formula is C6H2Cl2F8.